The predicted molar refractivity (Wildman–Crippen MR) is 219 cm³/mol. The van der Waals surface area contributed by atoms with Crippen molar-refractivity contribution in [3.63, 3.8) is 0 Å². The summed E-state index contributed by atoms with van der Waals surface area (Å²) in [6.07, 6.45) is 0. The van der Waals surface area contributed by atoms with Crippen LogP contribution in [0.5, 0.6) is 0 Å². The second-order valence-corrected chi connectivity index (χ2v) is 14.4. The lowest BCUT2D eigenvalue weighted by atomic mass is 9.96. The van der Waals surface area contributed by atoms with Crippen molar-refractivity contribution in [3.05, 3.63) is 176 Å². The molecule has 11 rings (SSSR count). The number of para-hydroxylation sites is 1. The fraction of sp³-hybridized carbons (Fsp3) is 0. The van der Waals surface area contributed by atoms with Gasteiger partial charge >= 0.3 is 0 Å². The Kier molecular flexibility index (Phi) is 6.16. The van der Waals surface area contributed by atoms with Crippen LogP contribution in [-0.4, -0.2) is 0 Å². The average Bonchev–Trinajstić information content (AvgIpc) is 3.76. The molecule has 0 bridgehead atoms. The zero-order valence-corrected chi connectivity index (χ0v) is 28.3. The molecule has 3 heteroatoms. The second-order valence-electron chi connectivity index (χ2n) is 13.3. The van der Waals surface area contributed by atoms with Gasteiger partial charge in [-0.1, -0.05) is 115 Å². The molecule has 2 heterocycles. The number of hydrogen-bond acceptors (Lipinski definition) is 3. The van der Waals surface area contributed by atoms with E-state index in [0.29, 0.717) is 0 Å². The first kappa shape index (κ1) is 28.4. The molecule has 0 fully saturated rings. The Morgan fingerprint density at radius 2 is 1.04 bits per heavy atom. The molecule has 0 aliphatic carbocycles. The van der Waals surface area contributed by atoms with Crippen molar-refractivity contribution in [3.8, 4) is 11.1 Å². The Hall–Kier alpha value is -6.42. The summed E-state index contributed by atoms with van der Waals surface area (Å²) in [5.41, 5.74) is 7.40. The number of hydrogen-bond donors (Lipinski definition) is 0. The number of anilines is 3. The highest BCUT2D eigenvalue weighted by Crippen LogP contribution is 2.44. The number of benzene rings is 9. The largest absolute Gasteiger partial charge is 0.456 e. The Labute approximate surface area is 298 Å². The lowest BCUT2D eigenvalue weighted by Crippen LogP contribution is -2.09. The predicted octanol–water partition coefficient (Wildman–Crippen LogP) is 14.6. The van der Waals surface area contributed by atoms with Gasteiger partial charge in [0, 0.05) is 54.1 Å². The summed E-state index contributed by atoms with van der Waals surface area (Å²) < 4.78 is 9.26. The Morgan fingerprint density at radius 3 is 1.92 bits per heavy atom. The molecule has 0 amide bonds. The highest BCUT2D eigenvalue weighted by molar-refractivity contribution is 7.25. The van der Waals surface area contributed by atoms with E-state index < -0.39 is 0 Å². The van der Waals surface area contributed by atoms with Gasteiger partial charge in [-0.2, -0.15) is 0 Å². The highest BCUT2D eigenvalue weighted by atomic mass is 32.1. The van der Waals surface area contributed by atoms with Crippen LogP contribution in [0.3, 0.4) is 0 Å². The van der Waals surface area contributed by atoms with E-state index in [9.17, 15) is 0 Å². The second kappa shape index (κ2) is 11.0. The molecule has 0 aliphatic rings. The molecule has 0 spiro atoms. The summed E-state index contributed by atoms with van der Waals surface area (Å²) in [5.74, 6) is 0. The minimum atomic E-state index is 0.873. The molecule has 9 aromatic carbocycles. The van der Waals surface area contributed by atoms with E-state index in [0.717, 1.165) is 39.0 Å². The number of thiophene rings is 1. The van der Waals surface area contributed by atoms with E-state index in [4.69, 9.17) is 4.42 Å². The molecule has 0 N–H and O–H groups in total. The van der Waals surface area contributed by atoms with Gasteiger partial charge in [0.2, 0.25) is 0 Å². The van der Waals surface area contributed by atoms with E-state index in [2.05, 4.69) is 181 Å². The van der Waals surface area contributed by atoms with Crippen LogP contribution in [0.15, 0.2) is 180 Å². The zero-order chi connectivity index (χ0) is 33.5. The van der Waals surface area contributed by atoms with Gasteiger partial charge < -0.3 is 9.32 Å². The molecular formula is C48H29NOS. The quantitative estimate of drug-likeness (QED) is 0.174. The minimum Gasteiger partial charge on any atom is -0.456 e. The van der Waals surface area contributed by atoms with Gasteiger partial charge in [0.15, 0.2) is 0 Å². The summed E-state index contributed by atoms with van der Waals surface area (Å²) in [6, 6.07) is 63.7. The van der Waals surface area contributed by atoms with E-state index in [1.54, 1.807) is 0 Å². The molecule has 2 nitrogen and oxygen atoms in total. The molecule has 0 saturated heterocycles. The van der Waals surface area contributed by atoms with Crippen molar-refractivity contribution in [2.45, 2.75) is 0 Å². The van der Waals surface area contributed by atoms with Crippen molar-refractivity contribution >= 4 is 103 Å². The van der Waals surface area contributed by atoms with Crippen LogP contribution < -0.4 is 4.90 Å². The van der Waals surface area contributed by atoms with Crippen molar-refractivity contribution < 1.29 is 4.42 Å². The van der Waals surface area contributed by atoms with Crippen LogP contribution in [0.1, 0.15) is 0 Å². The van der Waals surface area contributed by atoms with Gasteiger partial charge in [-0.05, 0) is 98.0 Å². The third kappa shape index (κ3) is 4.42. The van der Waals surface area contributed by atoms with E-state index in [1.807, 2.05) is 11.3 Å². The number of nitrogens with zero attached hydrogens (tertiary/aromatic N) is 1. The lowest BCUT2D eigenvalue weighted by molar-refractivity contribution is 0.669. The normalized spacial score (nSPS) is 11.9. The van der Waals surface area contributed by atoms with Crippen LogP contribution in [0.4, 0.5) is 17.1 Å². The number of fused-ring (bicyclic) bond motifs is 11. The first-order valence-corrected chi connectivity index (χ1v) is 18.1. The monoisotopic (exact) mass is 667 g/mol. The van der Waals surface area contributed by atoms with Gasteiger partial charge in [-0.25, -0.2) is 0 Å². The highest BCUT2D eigenvalue weighted by Gasteiger charge is 2.18. The zero-order valence-electron chi connectivity index (χ0n) is 27.5. The minimum absolute atomic E-state index is 0.873. The van der Waals surface area contributed by atoms with Crippen molar-refractivity contribution in [2.75, 3.05) is 4.90 Å². The van der Waals surface area contributed by atoms with Crippen LogP contribution in [0.2, 0.25) is 0 Å². The topological polar surface area (TPSA) is 16.4 Å². The molecule has 0 saturated carbocycles. The van der Waals surface area contributed by atoms with Gasteiger partial charge in [0.25, 0.3) is 0 Å². The maximum absolute atomic E-state index is 6.64. The molecule has 2 aromatic heterocycles. The Balaban J connectivity index is 1.06. The molecule has 11 aromatic rings. The van der Waals surface area contributed by atoms with Crippen LogP contribution >= 0.6 is 11.3 Å². The first-order valence-electron chi connectivity index (χ1n) is 17.3. The SMILES string of the molecule is c1ccc(N(c2ccc3c(ccc4c5ccccc5ccc34)c2)c2ccc3c(c2)oc2cccc(-c4ccc5c(c4)sc4ccccc45)c23)cc1. The lowest BCUT2D eigenvalue weighted by Gasteiger charge is -2.26. The van der Waals surface area contributed by atoms with Crippen molar-refractivity contribution in [1.29, 1.82) is 0 Å². The number of furan rings is 1. The van der Waals surface area contributed by atoms with Gasteiger partial charge in [0.1, 0.15) is 11.2 Å². The number of rotatable bonds is 4. The van der Waals surface area contributed by atoms with Gasteiger partial charge in [-0.3, -0.25) is 0 Å². The molecule has 51 heavy (non-hydrogen) atoms. The molecule has 238 valence electrons. The molecule has 0 atom stereocenters. The third-order valence-corrected chi connectivity index (χ3v) is 11.6. The van der Waals surface area contributed by atoms with E-state index >= 15 is 0 Å². The summed E-state index contributed by atoms with van der Waals surface area (Å²) >= 11 is 1.85. The van der Waals surface area contributed by atoms with Crippen LogP contribution in [0.25, 0.3) is 85.6 Å². The summed E-state index contributed by atoms with van der Waals surface area (Å²) in [7, 11) is 0. The fourth-order valence-electron chi connectivity index (χ4n) is 8.07. The van der Waals surface area contributed by atoms with E-state index in [1.165, 1.54) is 63.6 Å². The Bertz CT molecular complexity index is 3150. The van der Waals surface area contributed by atoms with Gasteiger partial charge in [0.05, 0.1) is 0 Å². The average molecular weight is 668 g/mol. The fourth-order valence-corrected chi connectivity index (χ4v) is 9.21. The molecule has 0 aliphatic heterocycles. The van der Waals surface area contributed by atoms with Crippen LogP contribution in [0, 0.1) is 0 Å². The molecular weight excluding hydrogens is 639 g/mol. The molecule has 0 unspecified atom stereocenters. The summed E-state index contributed by atoms with van der Waals surface area (Å²) in [5, 5.41) is 12.5. The van der Waals surface area contributed by atoms with Crippen molar-refractivity contribution in [2.24, 2.45) is 0 Å². The first-order chi connectivity index (χ1) is 25.3. The Morgan fingerprint density at radius 1 is 0.373 bits per heavy atom. The van der Waals surface area contributed by atoms with Crippen molar-refractivity contribution in [1.82, 2.24) is 0 Å². The standard InChI is InChI=1S/C48H29NOS/c1-2-10-33(11-3-1)49(34-20-25-37-31(27-34)18-23-39-36-12-5-4-9-30(36)17-22-40(37)39)35-21-26-43-45(29-35)50-44-15-8-14-38(48(43)44)32-19-24-42-41-13-6-7-16-46(41)51-47(42)28-32/h1-29H. The maximum atomic E-state index is 6.64. The maximum Gasteiger partial charge on any atom is 0.137 e. The summed E-state index contributed by atoms with van der Waals surface area (Å²) in [4.78, 5) is 2.33. The van der Waals surface area contributed by atoms with Crippen LogP contribution in [-0.2, 0) is 0 Å². The summed E-state index contributed by atoms with van der Waals surface area (Å²) in [6.45, 7) is 0. The van der Waals surface area contributed by atoms with E-state index in [-0.39, 0.29) is 0 Å². The smallest absolute Gasteiger partial charge is 0.137 e. The third-order valence-electron chi connectivity index (χ3n) is 10.4. The molecule has 0 radical (unpaired) electrons. The van der Waals surface area contributed by atoms with Gasteiger partial charge in [-0.15, -0.1) is 11.3 Å².